The van der Waals surface area contributed by atoms with E-state index in [0.29, 0.717) is 0 Å². The molecular weight excluding hydrogens is 214 g/mol. The van der Waals surface area contributed by atoms with Crippen molar-refractivity contribution in [2.24, 2.45) is 0 Å². The third-order valence-electron chi connectivity index (χ3n) is 2.73. The summed E-state index contributed by atoms with van der Waals surface area (Å²) in [5, 5.41) is 12.0. The molecule has 4 heteroatoms. The van der Waals surface area contributed by atoms with E-state index in [1.165, 1.54) is 18.4 Å². The van der Waals surface area contributed by atoms with E-state index in [4.69, 9.17) is 5.11 Å². The van der Waals surface area contributed by atoms with Crippen molar-refractivity contribution >= 4 is 5.82 Å². The van der Waals surface area contributed by atoms with E-state index in [0.717, 1.165) is 25.5 Å². The van der Waals surface area contributed by atoms with Crippen LogP contribution in [0.4, 0.5) is 5.82 Å². The number of nitrogens with zero attached hydrogens (tertiary/aromatic N) is 2. The molecule has 1 heterocycles. The Labute approximate surface area is 104 Å². The molecule has 2 N–H and O–H groups in total. The third kappa shape index (κ3) is 5.15. The van der Waals surface area contributed by atoms with Gasteiger partial charge in [0.15, 0.2) is 0 Å². The molecule has 0 spiro atoms. The minimum Gasteiger partial charge on any atom is -0.395 e. The molecule has 0 saturated carbocycles. The van der Waals surface area contributed by atoms with Crippen LogP contribution in [-0.4, -0.2) is 41.7 Å². The largest absolute Gasteiger partial charge is 0.395 e. The molecule has 0 aromatic carbocycles. The van der Waals surface area contributed by atoms with Crippen molar-refractivity contribution in [1.82, 2.24) is 9.88 Å². The first-order chi connectivity index (χ1) is 8.30. The van der Waals surface area contributed by atoms with Gasteiger partial charge in [0.1, 0.15) is 5.82 Å². The predicted molar refractivity (Wildman–Crippen MR) is 71.1 cm³/mol. The van der Waals surface area contributed by atoms with Crippen molar-refractivity contribution in [3.8, 4) is 0 Å². The van der Waals surface area contributed by atoms with E-state index in [1.54, 1.807) is 0 Å². The Balaban J connectivity index is 2.51. The maximum absolute atomic E-state index is 9.03. The SMILES string of the molecule is CCCCN(CCO)Cc1ccc(NC)nc1. The molecule has 96 valence electrons. The van der Waals surface area contributed by atoms with Crippen LogP contribution in [0.1, 0.15) is 25.3 Å². The van der Waals surface area contributed by atoms with Crippen LogP contribution in [0.2, 0.25) is 0 Å². The molecule has 0 atom stereocenters. The number of aliphatic hydroxyl groups excluding tert-OH is 1. The van der Waals surface area contributed by atoms with Crippen molar-refractivity contribution in [3.63, 3.8) is 0 Å². The molecule has 0 aliphatic rings. The minimum absolute atomic E-state index is 0.214. The van der Waals surface area contributed by atoms with E-state index in [9.17, 15) is 0 Å². The van der Waals surface area contributed by atoms with E-state index in [2.05, 4.69) is 28.2 Å². The summed E-state index contributed by atoms with van der Waals surface area (Å²) >= 11 is 0. The van der Waals surface area contributed by atoms with Gasteiger partial charge in [0.25, 0.3) is 0 Å². The van der Waals surface area contributed by atoms with E-state index in [1.807, 2.05) is 19.3 Å². The van der Waals surface area contributed by atoms with Gasteiger partial charge >= 0.3 is 0 Å². The van der Waals surface area contributed by atoms with Crippen molar-refractivity contribution in [2.75, 3.05) is 32.1 Å². The molecule has 1 rings (SSSR count). The number of hydrogen-bond acceptors (Lipinski definition) is 4. The Hall–Kier alpha value is -1.13. The average molecular weight is 237 g/mol. The highest BCUT2D eigenvalue weighted by Gasteiger charge is 2.05. The average Bonchev–Trinajstić information content (AvgIpc) is 2.37. The fourth-order valence-electron chi connectivity index (χ4n) is 1.72. The first-order valence-electron chi connectivity index (χ1n) is 6.26. The number of nitrogens with one attached hydrogen (secondary N) is 1. The normalized spacial score (nSPS) is 10.8. The lowest BCUT2D eigenvalue weighted by atomic mass is 10.2. The smallest absolute Gasteiger partial charge is 0.125 e. The Kier molecular flexibility index (Phi) is 6.58. The highest BCUT2D eigenvalue weighted by atomic mass is 16.3. The molecule has 1 aromatic rings. The number of aromatic nitrogens is 1. The van der Waals surface area contributed by atoms with Gasteiger partial charge < -0.3 is 10.4 Å². The number of unbranched alkanes of at least 4 members (excludes halogenated alkanes) is 1. The van der Waals surface area contributed by atoms with Crippen LogP contribution in [0.5, 0.6) is 0 Å². The number of anilines is 1. The second-order valence-electron chi connectivity index (χ2n) is 4.15. The van der Waals surface area contributed by atoms with Crippen LogP contribution in [0.15, 0.2) is 18.3 Å². The fraction of sp³-hybridized carbons (Fsp3) is 0.615. The molecule has 0 saturated heterocycles. The van der Waals surface area contributed by atoms with E-state index < -0.39 is 0 Å². The predicted octanol–water partition coefficient (Wildman–Crippen LogP) is 1.72. The first kappa shape index (κ1) is 13.9. The van der Waals surface area contributed by atoms with Gasteiger partial charge in [0.05, 0.1) is 6.61 Å². The minimum atomic E-state index is 0.214. The summed E-state index contributed by atoms with van der Waals surface area (Å²) in [6.45, 7) is 5.02. The molecule has 0 fully saturated rings. The molecule has 0 aliphatic carbocycles. The Morgan fingerprint density at radius 2 is 2.18 bits per heavy atom. The number of pyridine rings is 1. The van der Waals surface area contributed by atoms with Crippen LogP contribution < -0.4 is 5.32 Å². The molecule has 0 radical (unpaired) electrons. The first-order valence-corrected chi connectivity index (χ1v) is 6.26. The van der Waals surface area contributed by atoms with Crippen LogP contribution in [0, 0.1) is 0 Å². The monoisotopic (exact) mass is 237 g/mol. The summed E-state index contributed by atoms with van der Waals surface area (Å²) in [6.07, 6.45) is 4.24. The van der Waals surface area contributed by atoms with Gasteiger partial charge in [-0.05, 0) is 24.6 Å². The van der Waals surface area contributed by atoms with Crippen LogP contribution in [0.25, 0.3) is 0 Å². The van der Waals surface area contributed by atoms with Crippen molar-refractivity contribution in [1.29, 1.82) is 0 Å². The van der Waals surface area contributed by atoms with Gasteiger partial charge in [-0.2, -0.15) is 0 Å². The maximum atomic E-state index is 9.03. The van der Waals surface area contributed by atoms with Gasteiger partial charge in [-0.15, -0.1) is 0 Å². The molecule has 0 aliphatic heterocycles. The van der Waals surface area contributed by atoms with Crippen LogP contribution >= 0.6 is 0 Å². The van der Waals surface area contributed by atoms with E-state index in [-0.39, 0.29) is 6.61 Å². The fourth-order valence-corrected chi connectivity index (χ4v) is 1.72. The highest BCUT2D eigenvalue weighted by molar-refractivity contribution is 5.34. The zero-order chi connectivity index (χ0) is 12.5. The van der Waals surface area contributed by atoms with E-state index >= 15 is 0 Å². The summed E-state index contributed by atoms with van der Waals surface area (Å²) in [7, 11) is 1.86. The topological polar surface area (TPSA) is 48.4 Å². The zero-order valence-corrected chi connectivity index (χ0v) is 10.8. The maximum Gasteiger partial charge on any atom is 0.125 e. The second kappa shape index (κ2) is 8.03. The van der Waals surface area contributed by atoms with Crippen molar-refractivity contribution in [2.45, 2.75) is 26.3 Å². The Morgan fingerprint density at radius 1 is 1.35 bits per heavy atom. The standard InChI is InChI=1S/C13H23N3O/c1-3-4-7-16(8-9-17)11-12-5-6-13(14-2)15-10-12/h5-6,10,17H,3-4,7-9,11H2,1-2H3,(H,14,15). The van der Waals surface area contributed by atoms with Gasteiger partial charge in [-0.25, -0.2) is 4.98 Å². The molecule has 17 heavy (non-hydrogen) atoms. The Bertz CT molecular complexity index is 300. The summed E-state index contributed by atoms with van der Waals surface area (Å²) in [5.74, 6) is 0.885. The summed E-state index contributed by atoms with van der Waals surface area (Å²) in [5.41, 5.74) is 1.19. The quantitative estimate of drug-likeness (QED) is 0.723. The third-order valence-corrected chi connectivity index (χ3v) is 2.73. The molecule has 1 aromatic heterocycles. The summed E-state index contributed by atoms with van der Waals surface area (Å²) in [6, 6.07) is 4.06. The van der Waals surface area contributed by atoms with Gasteiger partial charge in [0, 0.05) is 26.3 Å². The summed E-state index contributed by atoms with van der Waals surface area (Å²) in [4.78, 5) is 6.55. The van der Waals surface area contributed by atoms with Crippen molar-refractivity contribution < 1.29 is 5.11 Å². The molecule has 0 bridgehead atoms. The Morgan fingerprint density at radius 3 is 2.71 bits per heavy atom. The highest BCUT2D eigenvalue weighted by Crippen LogP contribution is 2.08. The number of aliphatic hydroxyl groups is 1. The number of hydrogen-bond donors (Lipinski definition) is 2. The lowest BCUT2D eigenvalue weighted by Gasteiger charge is -2.20. The molecular formula is C13H23N3O. The molecule has 0 unspecified atom stereocenters. The van der Waals surface area contributed by atoms with Crippen LogP contribution in [0.3, 0.4) is 0 Å². The number of rotatable bonds is 8. The zero-order valence-electron chi connectivity index (χ0n) is 10.8. The van der Waals surface area contributed by atoms with Gasteiger partial charge in [0.2, 0.25) is 0 Å². The van der Waals surface area contributed by atoms with Crippen molar-refractivity contribution in [3.05, 3.63) is 23.9 Å². The molecule has 4 nitrogen and oxygen atoms in total. The van der Waals surface area contributed by atoms with Gasteiger partial charge in [-0.1, -0.05) is 19.4 Å². The summed E-state index contributed by atoms with van der Waals surface area (Å²) < 4.78 is 0. The lowest BCUT2D eigenvalue weighted by molar-refractivity contribution is 0.188. The van der Waals surface area contributed by atoms with Crippen LogP contribution in [-0.2, 0) is 6.54 Å². The molecule has 0 amide bonds. The second-order valence-corrected chi connectivity index (χ2v) is 4.15. The van der Waals surface area contributed by atoms with Gasteiger partial charge in [-0.3, -0.25) is 4.90 Å². The lowest BCUT2D eigenvalue weighted by Crippen LogP contribution is -2.27.